The van der Waals surface area contributed by atoms with Crippen molar-refractivity contribution in [2.75, 3.05) is 38.8 Å². The summed E-state index contributed by atoms with van der Waals surface area (Å²) in [5.74, 6) is 3.43. The standard InChI is InChI=1S/C23H28N6O3/c1-15-24-25-21-4-5-22(26-29(15)21)27-9-6-16(7-10-27)23(30)28-11-8-17-12-19(31-2)20(32-3)13-18(17)14-28/h4-5,12-13,16H,6-11,14H2,1-3H3. The molecular weight excluding hydrogens is 408 g/mol. The molecule has 2 aromatic heterocycles. The van der Waals surface area contributed by atoms with Crippen molar-refractivity contribution in [2.24, 2.45) is 5.92 Å². The fourth-order valence-corrected chi connectivity index (χ4v) is 4.74. The molecule has 9 nitrogen and oxygen atoms in total. The molecule has 1 saturated heterocycles. The van der Waals surface area contributed by atoms with Gasteiger partial charge in [0.15, 0.2) is 23.0 Å². The number of amides is 1. The van der Waals surface area contributed by atoms with Crippen molar-refractivity contribution in [3.63, 3.8) is 0 Å². The molecule has 5 rings (SSSR count). The largest absolute Gasteiger partial charge is 0.493 e. The van der Waals surface area contributed by atoms with Crippen LogP contribution < -0.4 is 14.4 Å². The molecule has 0 saturated carbocycles. The molecule has 0 bridgehead atoms. The van der Waals surface area contributed by atoms with E-state index in [-0.39, 0.29) is 11.8 Å². The Kier molecular flexibility index (Phi) is 5.32. The van der Waals surface area contributed by atoms with Crippen LogP contribution in [0.15, 0.2) is 24.3 Å². The molecule has 1 amide bonds. The highest BCUT2D eigenvalue weighted by Gasteiger charge is 2.31. The predicted octanol–water partition coefficient (Wildman–Crippen LogP) is 2.25. The average Bonchev–Trinajstić information content (AvgIpc) is 3.22. The summed E-state index contributed by atoms with van der Waals surface area (Å²) in [6, 6.07) is 7.96. The van der Waals surface area contributed by atoms with Crippen LogP contribution >= 0.6 is 0 Å². The van der Waals surface area contributed by atoms with E-state index in [0.29, 0.717) is 12.3 Å². The molecule has 0 N–H and O–H groups in total. The number of carbonyl (C=O) groups excluding carboxylic acids is 1. The second-order valence-electron chi connectivity index (χ2n) is 8.46. The third-order valence-corrected chi connectivity index (χ3v) is 6.60. The lowest BCUT2D eigenvalue weighted by atomic mass is 9.92. The number of aryl methyl sites for hydroxylation is 1. The summed E-state index contributed by atoms with van der Waals surface area (Å²) in [5.41, 5.74) is 3.12. The van der Waals surface area contributed by atoms with Crippen LogP contribution in [0.2, 0.25) is 0 Å². The lowest BCUT2D eigenvalue weighted by Gasteiger charge is -2.36. The second kappa shape index (κ2) is 8.29. The number of nitrogens with zero attached hydrogens (tertiary/aromatic N) is 6. The normalized spacial score (nSPS) is 16.8. The Morgan fingerprint density at radius 3 is 2.44 bits per heavy atom. The van der Waals surface area contributed by atoms with Crippen LogP contribution in [0.25, 0.3) is 5.65 Å². The van der Waals surface area contributed by atoms with Gasteiger partial charge in [-0.2, -0.15) is 4.52 Å². The number of methoxy groups -OCH3 is 2. The number of carbonyl (C=O) groups is 1. The zero-order valence-electron chi connectivity index (χ0n) is 18.7. The fraction of sp³-hybridized carbons (Fsp3) is 0.478. The van der Waals surface area contributed by atoms with Crippen LogP contribution in [-0.4, -0.2) is 64.5 Å². The van der Waals surface area contributed by atoms with Crippen LogP contribution in [-0.2, 0) is 17.8 Å². The van der Waals surface area contributed by atoms with Gasteiger partial charge in [-0.3, -0.25) is 4.79 Å². The molecule has 0 unspecified atom stereocenters. The van der Waals surface area contributed by atoms with Crippen molar-refractivity contribution in [1.82, 2.24) is 24.7 Å². The minimum absolute atomic E-state index is 0.0494. The second-order valence-corrected chi connectivity index (χ2v) is 8.46. The third kappa shape index (κ3) is 3.61. The Labute approximate surface area is 186 Å². The Balaban J connectivity index is 1.24. The van der Waals surface area contributed by atoms with E-state index in [2.05, 4.69) is 20.2 Å². The topological polar surface area (TPSA) is 85.1 Å². The van der Waals surface area contributed by atoms with E-state index in [0.717, 1.165) is 67.5 Å². The molecule has 9 heteroatoms. The molecule has 32 heavy (non-hydrogen) atoms. The zero-order valence-corrected chi connectivity index (χ0v) is 18.7. The van der Waals surface area contributed by atoms with Gasteiger partial charge in [0.2, 0.25) is 5.91 Å². The Hall–Kier alpha value is -3.36. The van der Waals surface area contributed by atoms with Gasteiger partial charge in [-0.1, -0.05) is 0 Å². The molecule has 0 radical (unpaired) electrons. The van der Waals surface area contributed by atoms with E-state index < -0.39 is 0 Å². The fourth-order valence-electron chi connectivity index (χ4n) is 4.74. The third-order valence-electron chi connectivity index (χ3n) is 6.60. The van der Waals surface area contributed by atoms with Crippen LogP contribution in [0.5, 0.6) is 11.5 Å². The molecule has 168 valence electrons. The predicted molar refractivity (Wildman–Crippen MR) is 119 cm³/mol. The van der Waals surface area contributed by atoms with Gasteiger partial charge in [0.25, 0.3) is 0 Å². The Bertz CT molecular complexity index is 1150. The first kappa shape index (κ1) is 20.5. The first-order chi connectivity index (χ1) is 15.6. The SMILES string of the molecule is COc1cc2c(cc1OC)CN(C(=O)C1CCN(c3ccc4nnc(C)n4n3)CC1)CC2. The number of aromatic nitrogens is 4. The molecule has 0 atom stereocenters. The smallest absolute Gasteiger partial charge is 0.226 e. The number of anilines is 1. The molecule has 1 fully saturated rings. The van der Waals surface area contributed by atoms with Crippen LogP contribution in [0.4, 0.5) is 5.82 Å². The summed E-state index contributed by atoms with van der Waals surface area (Å²) >= 11 is 0. The summed E-state index contributed by atoms with van der Waals surface area (Å²) in [6.45, 7) is 4.88. The van der Waals surface area contributed by atoms with Gasteiger partial charge in [0, 0.05) is 32.1 Å². The molecule has 0 spiro atoms. The van der Waals surface area contributed by atoms with Crippen molar-refractivity contribution < 1.29 is 14.3 Å². The van der Waals surface area contributed by atoms with Gasteiger partial charge in [-0.05, 0) is 61.6 Å². The molecule has 2 aliphatic heterocycles. The minimum Gasteiger partial charge on any atom is -0.493 e. The van der Waals surface area contributed by atoms with Crippen molar-refractivity contribution in [1.29, 1.82) is 0 Å². The number of benzene rings is 1. The maximum atomic E-state index is 13.3. The maximum absolute atomic E-state index is 13.3. The number of hydrogen-bond donors (Lipinski definition) is 0. The van der Waals surface area contributed by atoms with Crippen molar-refractivity contribution in [2.45, 2.75) is 32.7 Å². The zero-order chi connectivity index (χ0) is 22.2. The molecule has 3 aromatic rings. The number of rotatable bonds is 4. The molecule has 2 aliphatic rings. The lowest BCUT2D eigenvalue weighted by molar-refractivity contribution is -0.137. The summed E-state index contributed by atoms with van der Waals surface area (Å²) in [5, 5.41) is 12.8. The maximum Gasteiger partial charge on any atom is 0.226 e. The van der Waals surface area contributed by atoms with Gasteiger partial charge in [-0.25, -0.2) is 0 Å². The van der Waals surface area contributed by atoms with Crippen molar-refractivity contribution in [3.8, 4) is 11.5 Å². The van der Waals surface area contributed by atoms with Crippen LogP contribution in [0.1, 0.15) is 29.8 Å². The van der Waals surface area contributed by atoms with Crippen LogP contribution in [0, 0.1) is 12.8 Å². The van der Waals surface area contributed by atoms with Gasteiger partial charge in [0.05, 0.1) is 14.2 Å². The highest BCUT2D eigenvalue weighted by Crippen LogP contribution is 2.34. The van der Waals surface area contributed by atoms with Crippen LogP contribution in [0.3, 0.4) is 0 Å². The van der Waals surface area contributed by atoms with E-state index in [1.54, 1.807) is 18.7 Å². The molecular formula is C23H28N6O3. The number of fused-ring (bicyclic) bond motifs is 2. The van der Waals surface area contributed by atoms with E-state index in [9.17, 15) is 4.79 Å². The number of piperidine rings is 1. The minimum atomic E-state index is 0.0494. The van der Waals surface area contributed by atoms with E-state index >= 15 is 0 Å². The monoisotopic (exact) mass is 436 g/mol. The van der Waals surface area contributed by atoms with Gasteiger partial charge in [-0.15, -0.1) is 15.3 Å². The first-order valence-corrected chi connectivity index (χ1v) is 11.0. The summed E-state index contributed by atoms with van der Waals surface area (Å²) < 4.78 is 12.6. The summed E-state index contributed by atoms with van der Waals surface area (Å²) in [4.78, 5) is 17.5. The van der Waals surface area contributed by atoms with E-state index in [1.165, 1.54) is 5.56 Å². The highest BCUT2D eigenvalue weighted by atomic mass is 16.5. The van der Waals surface area contributed by atoms with Gasteiger partial charge in [0.1, 0.15) is 5.82 Å². The number of hydrogen-bond acceptors (Lipinski definition) is 7. The molecule has 0 aliphatic carbocycles. The van der Waals surface area contributed by atoms with E-state index in [1.807, 2.05) is 36.1 Å². The van der Waals surface area contributed by atoms with Gasteiger partial charge < -0.3 is 19.3 Å². The van der Waals surface area contributed by atoms with Gasteiger partial charge >= 0.3 is 0 Å². The first-order valence-electron chi connectivity index (χ1n) is 11.0. The van der Waals surface area contributed by atoms with Crippen molar-refractivity contribution in [3.05, 3.63) is 41.2 Å². The Morgan fingerprint density at radius 2 is 1.72 bits per heavy atom. The number of ether oxygens (including phenoxy) is 2. The average molecular weight is 437 g/mol. The highest BCUT2D eigenvalue weighted by molar-refractivity contribution is 5.79. The molecule has 1 aromatic carbocycles. The van der Waals surface area contributed by atoms with Crippen molar-refractivity contribution >= 4 is 17.4 Å². The van der Waals surface area contributed by atoms with E-state index in [4.69, 9.17) is 9.47 Å². The summed E-state index contributed by atoms with van der Waals surface area (Å²) in [7, 11) is 3.29. The Morgan fingerprint density at radius 1 is 1.00 bits per heavy atom. The molecule has 4 heterocycles. The quantitative estimate of drug-likeness (QED) is 0.620. The lowest BCUT2D eigenvalue weighted by Crippen LogP contribution is -2.44. The summed E-state index contributed by atoms with van der Waals surface area (Å²) in [6.07, 6.45) is 2.49.